The summed E-state index contributed by atoms with van der Waals surface area (Å²) in [6.07, 6.45) is 2.73. The normalized spacial score (nSPS) is 11.2. The molecule has 0 radical (unpaired) electrons. The molecule has 0 unspecified atom stereocenters. The second-order valence-electron chi connectivity index (χ2n) is 7.85. The van der Waals surface area contributed by atoms with Gasteiger partial charge in [0.05, 0.1) is 5.75 Å². The lowest BCUT2D eigenvalue weighted by molar-refractivity contribution is -0.113. The minimum Gasteiger partial charge on any atom is -0.355 e. The van der Waals surface area contributed by atoms with E-state index in [1.807, 2.05) is 74.6 Å². The van der Waals surface area contributed by atoms with E-state index in [1.54, 1.807) is 4.57 Å². The van der Waals surface area contributed by atoms with E-state index in [0.29, 0.717) is 16.2 Å². The van der Waals surface area contributed by atoms with Crippen LogP contribution in [-0.2, 0) is 11.2 Å². The number of nitrogens with one attached hydrogen (secondary N) is 2. The van der Waals surface area contributed by atoms with Crippen LogP contribution in [0.1, 0.15) is 32.4 Å². The predicted octanol–water partition coefficient (Wildman–Crippen LogP) is 5.27. The molecule has 4 rings (SSSR count). The molecule has 0 atom stereocenters. The molecule has 0 bridgehead atoms. The Balaban J connectivity index is 1.64. The zero-order chi connectivity index (χ0) is 22.7. The van der Waals surface area contributed by atoms with Crippen molar-refractivity contribution < 1.29 is 4.79 Å². The summed E-state index contributed by atoms with van der Waals surface area (Å²) >= 11 is 1.27. The van der Waals surface area contributed by atoms with Crippen molar-refractivity contribution in [2.24, 2.45) is 0 Å². The summed E-state index contributed by atoms with van der Waals surface area (Å²) in [4.78, 5) is 33.7. The molecule has 0 fully saturated rings. The maximum Gasteiger partial charge on any atom is 0.278 e. The number of benzene rings is 2. The zero-order valence-corrected chi connectivity index (χ0v) is 19.2. The molecule has 4 aromatic rings. The van der Waals surface area contributed by atoms with Gasteiger partial charge in [0.1, 0.15) is 11.0 Å². The Labute approximate surface area is 191 Å². The summed E-state index contributed by atoms with van der Waals surface area (Å²) in [7, 11) is 0. The number of rotatable bonds is 7. The van der Waals surface area contributed by atoms with Crippen molar-refractivity contribution in [1.29, 1.82) is 0 Å². The second-order valence-corrected chi connectivity index (χ2v) is 8.79. The summed E-state index contributed by atoms with van der Waals surface area (Å²) in [6, 6.07) is 17.6. The van der Waals surface area contributed by atoms with Crippen LogP contribution in [0.5, 0.6) is 0 Å². The van der Waals surface area contributed by atoms with Crippen molar-refractivity contribution in [2.75, 3.05) is 11.1 Å². The maximum absolute atomic E-state index is 13.2. The minimum absolute atomic E-state index is 0.0883. The van der Waals surface area contributed by atoms with Gasteiger partial charge in [0.2, 0.25) is 5.91 Å². The standard InChI is InChI=1S/C25H26N4O2S/c1-4-17-9-8-12-19(13-17)27-21(30)15-32-25-28-22-20(18-10-6-5-7-11-18)14-26-23(22)24(31)29(25)16(2)3/h5-14,16,26H,4,15H2,1-3H3,(H,27,30). The number of aryl methyl sites for hydroxylation is 1. The number of anilines is 1. The quantitative estimate of drug-likeness (QED) is 0.300. The molecule has 0 saturated heterocycles. The lowest BCUT2D eigenvalue weighted by Crippen LogP contribution is -2.26. The number of hydrogen-bond donors (Lipinski definition) is 2. The molecule has 1 amide bonds. The van der Waals surface area contributed by atoms with Gasteiger partial charge in [-0.2, -0.15) is 0 Å². The van der Waals surface area contributed by atoms with Crippen molar-refractivity contribution in [1.82, 2.24) is 14.5 Å². The lowest BCUT2D eigenvalue weighted by Gasteiger charge is -2.15. The smallest absolute Gasteiger partial charge is 0.278 e. The first-order chi connectivity index (χ1) is 15.5. The number of nitrogens with zero attached hydrogens (tertiary/aromatic N) is 2. The Kier molecular flexibility index (Phi) is 6.46. The highest BCUT2D eigenvalue weighted by Gasteiger charge is 2.19. The molecule has 0 aliphatic carbocycles. The van der Waals surface area contributed by atoms with E-state index in [1.165, 1.54) is 11.8 Å². The minimum atomic E-state index is -0.134. The van der Waals surface area contributed by atoms with E-state index < -0.39 is 0 Å². The molecule has 164 valence electrons. The molecule has 2 aromatic heterocycles. The highest BCUT2D eigenvalue weighted by Crippen LogP contribution is 2.28. The van der Waals surface area contributed by atoms with Gasteiger partial charge in [0.25, 0.3) is 5.56 Å². The van der Waals surface area contributed by atoms with E-state index in [9.17, 15) is 9.59 Å². The Morgan fingerprint density at radius 2 is 1.94 bits per heavy atom. The van der Waals surface area contributed by atoms with Gasteiger partial charge in [0, 0.05) is 23.5 Å². The largest absolute Gasteiger partial charge is 0.355 e. The SMILES string of the molecule is CCc1cccc(NC(=O)CSc2nc3c(-c4ccccc4)c[nH]c3c(=O)n2C(C)C)c1. The van der Waals surface area contributed by atoms with Crippen LogP contribution in [0.3, 0.4) is 0 Å². The third-order valence-corrected chi connectivity index (χ3v) is 6.20. The summed E-state index contributed by atoms with van der Waals surface area (Å²) in [6.45, 7) is 5.96. The van der Waals surface area contributed by atoms with Gasteiger partial charge in [-0.25, -0.2) is 4.98 Å². The third kappa shape index (κ3) is 4.48. The number of aromatic amines is 1. The van der Waals surface area contributed by atoms with Crippen LogP contribution in [0.2, 0.25) is 0 Å². The Morgan fingerprint density at radius 3 is 2.66 bits per heavy atom. The number of amides is 1. The van der Waals surface area contributed by atoms with Crippen LogP contribution in [0.25, 0.3) is 22.2 Å². The van der Waals surface area contributed by atoms with Crippen LogP contribution < -0.4 is 10.9 Å². The van der Waals surface area contributed by atoms with Crippen LogP contribution in [0.15, 0.2) is 70.7 Å². The van der Waals surface area contributed by atoms with Crippen LogP contribution >= 0.6 is 11.8 Å². The van der Waals surface area contributed by atoms with Crippen molar-refractivity contribution in [2.45, 2.75) is 38.4 Å². The molecule has 0 spiro atoms. The van der Waals surface area contributed by atoms with Gasteiger partial charge >= 0.3 is 0 Å². The highest BCUT2D eigenvalue weighted by atomic mass is 32.2. The van der Waals surface area contributed by atoms with Crippen molar-refractivity contribution >= 4 is 34.4 Å². The predicted molar refractivity (Wildman–Crippen MR) is 131 cm³/mol. The second kappa shape index (κ2) is 9.44. The monoisotopic (exact) mass is 446 g/mol. The molecule has 0 aliphatic heterocycles. The first-order valence-corrected chi connectivity index (χ1v) is 11.7. The maximum atomic E-state index is 13.2. The van der Waals surface area contributed by atoms with Crippen LogP contribution in [0, 0.1) is 0 Å². The number of carbonyl (C=O) groups is 1. The highest BCUT2D eigenvalue weighted by molar-refractivity contribution is 7.99. The Morgan fingerprint density at radius 1 is 1.16 bits per heavy atom. The molecule has 6 nitrogen and oxygen atoms in total. The van der Waals surface area contributed by atoms with Crippen molar-refractivity contribution in [3.8, 4) is 11.1 Å². The summed E-state index contributed by atoms with van der Waals surface area (Å²) in [5, 5.41) is 3.47. The molecular weight excluding hydrogens is 420 g/mol. The number of fused-ring (bicyclic) bond motifs is 1. The molecule has 7 heteroatoms. The van der Waals surface area contributed by atoms with E-state index in [0.717, 1.165) is 28.8 Å². The van der Waals surface area contributed by atoms with Crippen molar-refractivity contribution in [3.05, 3.63) is 76.7 Å². The van der Waals surface area contributed by atoms with Crippen LogP contribution in [-0.4, -0.2) is 26.2 Å². The number of carbonyl (C=O) groups excluding carboxylic acids is 1. The van der Waals surface area contributed by atoms with Gasteiger partial charge in [-0.15, -0.1) is 0 Å². The molecule has 0 saturated carbocycles. The molecule has 2 aromatic carbocycles. The molecule has 32 heavy (non-hydrogen) atoms. The summed E-state index contributed by atoms with van der Waals surface area (Å²) in [5.74, 6) is 0.0248. The fourth-order valence-electron chi connectivity index (χ4n) is 3.64. The molecular formula is C25H26N4O2S. The van der Waals surface area contributed by atoms with Gasteiger partial charge in [-0.05, 0) is 43.5 Å². The van der Waals surface area contributed by atoms with E-state index in [4.69, 9.17) is 4.98 Å². The summed E-state index contributed by atoms with van der Waals surface area (Å²) in [5.41, 5.74) is 4.76. The Hall–Kier alpha value is -3.32. The fourth-order valence-corrected chi connectivity index (χ4v) is 4.56. The van der Waals surface area contributed by atoms with Crippen molar-refractivity contribution in [3.63, 3.8) is 0 Å². The number of thioether (sulfide) groups is 1. The van der Waals surface area contributed by atoms with Crippen LogP contribution in [0.4, 0.5) is 5.69 Å². The molecule has 2 N–H and O–H groups in total. The first-order valence-electron chi connectivity index (χ1n) is 10.7. The number of hydrogen-bond acceptors (Lipinski definition) is 4. The fraction of sp³-hybridized carbons (Fsp3) is 0.240. The molecule has 0 aliphatic rings. The van der Waals surface area contributed by atoms with E-state index >= 15 is 0 Å². The lowest BCUT2D eigenvalue weighted by atomic mass is 10.1. The average molecular weight is 447 g/mol. The molecule has 2 heterocycles. The number of aromatic nitrogens is 3. The van der Waals surface area contributed by atoms with Gasteiger partial charge in [-0.1, -0.05) is 61.2 Å². The number of H-pyrrole nitrogens is 1. The average Bonchev–Trinajstić information content (AvgIpc) is 3.22. The topological polar surface area (TPSA) is 79.8 Å². The van der Waals surface area contributed by atoms with Gasteiger partial charge in [-0.3, -0.25) is 14.2 Å². The zero-order valence-electron chi connectivity index (χ0n) is 18.4. The van der Waals surface area contributed by atoms with Gasteiger partial charge in [0.15, 0.2) is 5.16 Å². The Bertz CT molecular complexity index is 1310. The first kappa shape index (κ1) is 21.9. The van der Waals surface area contributed by atoms with E-state index in [2.05, 4.69) is 17.2 Å². The van der Waals surface area contributed by atoms with E-state index in [-0.39, 0.29) is 23.3 Å². The summed E-state index contributed by atoms with van der Waals surface area (Å²) < 4.78 is 1.64. The third-order valence-electron chi connectivity index (χ3n) is 5.25. The van der Waals surface area contributed by atoms with Gasteiger partial charge < -0.3 is 10.3 Å².